The predicted molar refractivity (Wildman–Crippen MR) is 66.9 cm³/mol. The number of ether oxygens (including phenoxy) is 1. The molecule has 1 saturated heterocycles. The number of hydrogen-bond donors (Lipinski definition) is 1. The molecule has 0 radical (unpaired) electrons. The van der Waals surface area contributed by atoms with Crippen molar-refractivity contribution in [1.29, 1.82) is 0 Å². The maximum Gasteiger partial charge on any atom is 0.326 e. The first-order valence-electron chi connectivity index (χ1n) is 6.42. The summed E-state index contributed by atoms with van der Waals surface area (Å²) in [5.41, 5.74) is 1.12. The molecule has 1 amide bonds. The average molecular weight is 261 g/mol. The van der Waals surface area contributed by atoms with Crippen LogP contribution in [0.2, 0.25) is 0 Å². The van der Waals surface area contributed by atoms with E-state index in [1.807, 2.05) is 24.3 Å². The van der Waals surface area contributed by atoms with Crippen molar-refractivity contribution >= 4 is 11.9 Å². The first-order chi connectivity index (χ1) is 9.15. The fraction of sp³-hybridized carbons (Fsp3) is 0.429. The molecule has 2 unspecified atom stereocenters. The van der Waals surface area contributed by atoms with Gasteiger partial charge in [-0.1, -0.05) is 18.2 Å². The second kappa shape index (κ2) is 4.57. The van der Waals surface area contributed by atoms with Gasteiger partial charge in [-0.25, -0.2) is 4.79 Å². The van der Waals surface area contributed by atoms with Gasteiger partial charge in [0, 0.05) is 12.8 Å². The molecule has 0 bridgehead atoms. The van der Waals surface area contributed by atoms with Gasteiger partial charge in [0.25, 0.3) is 0 Å². The summed E-state index contributed by atoms with van der Waals surface area (Å²) in [6.07, 6.45) is 1.30. The first kappa shape index (κ1) is 12.0. The molecule has 5 nitrogen and oxygen atoms in total. The van der Waals surface area contributed by atoms with Gasteiger partial charge in [-0.2, -0.15) is 0 Å². The van der Waals surface area contributed by atoms with Gasteiger partial charge < -0.3 is 14.7 Å². The van der Waals surface area contributed by atoms with Gasteiger partial charge >= 0.3 is 5.97 Å². The maximum atomic E-state index is 11.8. The molecule has 0 aromatic heterocycles. The highest BCUT2D eigenvalue weighted by Gasteiger charge is 2.38. The Morgan fingerprint density at radius 3 is 2.95 bits per heavy atom. The maximum absolute atomic E-state index is 11.8. The molecule has 1 aromatic rings. The lowest BCUT2D eigenvalue weighted by Gasteiger charge is -2.24. The van der Waals surface area contributed by atoms with Gasteiger partial charge in [-0.15, -0.1) is 0 Å². The third-order valence-electron chi connectivity index (χ3n) is 3.73. The smallest absolute Gasteiger partial charge is 0.326 e. The Kier molecular flexibility index (Phi) is 2.89. The molecule has 19 heavy (non-hydrogen) atoms. The predicted octanol–water partition coefficient (Wildman–Crippen LogP) is 1.07. The molecule has 2 aliphatic rings. The largest absolute Gasteiger partial charge is 0.488 e. The quantitative estimate of drug-likeness (QED) is 0.883. The minimum Gasteiger partial charge on any atom is -0.488 e. The van der Waals surface area contributed by atoms with Crippen molar-refractivity contribution in [3.63, 3.8) is 0 Å². The number of likely N-dealkylation sites (tertiary alicyclic amines) is 1. The number of benzene rings is 1. The van der Waals surface area contributed by atoms with E-state index >= 15 is 0 Å². The Morgan fingerprint density at radius 2 is 2.21 bits per heavy atom. The zero-order valence-electron chi connectivity index (χ0n) is 10.4. The van der Waals surface area contributed by atoms with Crippen LogP contribution in [0, 0.1) is 0 Å². The number of carbonyl (C=O) groups is 2. The summed E-state index contributed by atoms with van der Waals surface area (Å²) in [5.74, 6) is -0.181. The lowest BCUT2D eigenvalue weighted by atomic mass is 10.1. The zero-order valence-corrected chi connectivity index (χ0v) is 10.4. The van der Waals surface area contributed by atoms with Crippen molar-refractivity contribution < 1.29 is 19.4 Å². The van der Waals surface area contributed by atoms with Crippen LogP contribution in [-0.4, -0.2) is 40.6 Å². The highest BCUT2D eigenvalue weighted by Crippen LogP contribution is 2.30. The number of para-hydroxylation sites is 1. The van der Waals surface area contributed by atoms with Crippen molar-refractivity contribution in [3.05, 3.63) is 29.8 Å². The lowest BCUT2D eigenvalue weighted by molar-refractivity contribution is -0.146. The summed E-state index contributed by atoms with van der Waals surface area (Å²) in [4.78, 5) is 24.3. The Bertz CT molecular complexity index is 503. The van der Waals surface area contributed by atoms with Crippen LogP contribution in [0.1, 0.15) is 18.4 Å². The van der Waals surface area contributed by atoms with Crippen molar-refractivity contribution in [2.24, 2.45) is 0 Å². The number of carboxylic acid groups (broad SMARTS) is 1. The molecule has 3 rings (SSSR count). The van der Waals surface area contributed by atoms with E-state index in [0.717, 1.165) is 17.7 Å². The van der Waals surface area contributed by atoms with E-state index in [0.29, 0.717) is 19.4 Å². The molecule has 1 N–H and O–H groups in total. The molecule has 0 aliphatic carbocycles. The minimum absolute atomic E-state index is 0.0908. The minimum atomic E-state index is -0.929. The molecule has 2 aliphatic heterocycles. The molecule has 1 fully saturated rings. The number of aliphatic carboxylic acids is 1. The Balaban J connectivity index is 1.70. The van der Waals surface area contributed by atoms with Gasteiger partial charge in [0.1, 0.15) is 17.9 Å². The third kappa shape index (κ3) is 2.16. The molecule has 5 heteroatoms. The van der Waals surface area contributed by atoms with Crippen LogP contribution < -0.4 is 4.74 Å². The van der Waals surface area contributed by atoms with Crippen molar-refractivity contribution in [3.8, 4) is 5.75 Å². The summed E-state index contributed by atoms with van der Waals surface area (Å²) >= 11 is 0. The number of carboxylic acids is 1. The van der Waals surface area contributed by atoms with E-state index < -0.39 is 12.0 Å². The standard InChI is InChI=1S/C14H15NO4/c16-13-6-5-11(14(17)18)15(13)8-10-7-9-3-1-2-4-12(9)19-10/h1-4,10-11H,5-8H2,(H,17,18). The Hall–Kier alpha value is -2.04. The number of rotatable bonds is 3. The van der Waals surface area contributed by atoms with Crippen molar-refractivity contribution in [2.45, 2.75) is 31.4 Å². The second-order valence-corrected chi connectivity index (χ2v) is 4.99. The van der Waals surface area contributed by atoms with Gasteiger partial charge in [0.15, 0.2) is 0 Å². The van der Waals surface area contributed by atoms with Crippen LogP contribution in [-0.2, 0) is 16.0 Å². The molecule has 1 aromatic carbocycles. The van der Waals surface area contributed by atoms with Crippen LogP contribution in [0.15, 0.2) is 24.3 Å². The van der Waals surface area contributed by atoms with E-state index in [9.17, 15) is 9.59 Å². The van der Waals surface area contributed by atoms with Crippen LogP contribution in [0.3, 0.4) is 0 Å². The fourth-order valence-electron chi connectivity index (χ4n) is 2.79. The Labute approximate surface area is 110 Å². The first-order valence-corrected chi connectivity index (χ1v) is 6.42. The van der Waals surface area contributed by atoms with Crippen LogP contribution in [0.4, 0.5) is 0 Å². The Morgan fingerprint density at radius 1 is 1.42 bits per heavy atom. The number of fused-ring (bicyclic) bond motifs is 1. The van der Waals surface area contributed by atoms with E-state index in [1.54, 1.807) is 0 Å². The zero-order chi connectivity index (χ0) is 13.4. The van der Waals surface area contributed by atoms with Crippen molar-refractivity contribution in [2.75, 3.05) is 6.54 Å². The van der Waals surface area contributed by atoms with Crippen LogP contribution in [0.5, 0.6) is 5.75 Å². The third-order valence-corrected chi connectivity index (χ3v) is 3.73. The second-order valence-electron chi connectivity index (χ2n) is 4.99. The number of nitrogens with zero attached hydrogens (tertiary/aromatic N) is 1. The monoisotopic (exact) mass is 261 g/mol. The van der Waals surface area contributed by atoms with Crippen molar-refractivity contribution in [1.82, 2.24) is 4.90 Å². The van der Waals surface area contributed by atoms with E-state index in [2.05, 4.69) is 0 Å². The molecular weight excluding hydrogens is 246 g/mol. The molecule has 2 heterocycles. The molecular formula is C14H15NO4. The number of carbonyl (C=O) groups excluding carboxylic acids is 1. The highest BCUT2D eigenvalue weighted by molar-refractivity contribution is 5.87. The molecule has 0 saturated carbocycles. The van der Waals surface area contributed by atoms with Gasteiger partial charge in [-0.3, -0.25) is 4.79 Å². The summed E-state index contributed by atoms with van der Waals surface area (Å²) in [6.45, 7) is 0.352. The summed E-state index contributed by atoms with van der Waals surface area (Å²) < 4.78 is 5.76. The lowest BCUT2D eigenvalue weighted by Crippen LogP contribution is -2.44. The van der Waals surface area contributed by atoms with E-state index in [1.165, 1.54) is 4.90 Å². The fourth-order valence-corrected chi connectivity index (χ4v) is 2.79. The molecule has 2 atom stereocenters. The number of hydrogen-bond acceptors (Lipinski definition) is 3. The van der Waals surface area contributed by atoms with E-state index in [4.69, 9.17) is 9.84 Å². The summed E-state index contributed by atoms with van der Waals surface area (Å²) in [5, 5.41) is 9.11. The summed E-state index contributed by atoms with van der Waals surface area (Å²) in [7, 11) is 0. The molecule has 100 valence electrons. The SMILES string of the molecule is O=C(O)C1CCC(=O)N1CC1Cc2ccccc2O1. The van der Waals surface area contributed by atoms with Gasteiger partial charge in [-0.05, 0) is 18.1 Å². The average Bonchev–Trinajstić information content (AvgIpc) is 2.94. The van der Waals surface area contributed by atoms with Crippen LogP contribution >= 0.6 is 0 Å². The molecule has 0 spiro atoms. The van der Waals surface area contributed by atoms with Gasteiger partial charge in [0.05, 0.1) is 6.54 Å². The number of amides is 1. The highest BCUT2D eigenvalue weighted by atomic mass is 16.5. The normalized spacial score (nSPS) is 25.3. The summed E-state index contributed by atoms with van der Waals surface area (Å²) in [6, 6.07) is 7.05. The van der Waals surface area contributed by atoms with E-state index in [-0.39, 0.29) is 12.0 Å². The van der Waals surface area contributed by atoms with Gasteiger partial charge in [0.2, 0.25) is 5.91 Å². The van der Waals surface area contributed by atoms with Crippen LogP contribution in [0.25, 0.3) is 0 Å². The topological polar surface area (TPSA) is 66.8 Å².